The fourth-order valence-corrected chi connectivity index (χ4v) is 9.92. The highest BCUT2D eigenvalue weighted by Gasteiger charge is 2.30. The van der Waals surface area contributed by atoms with Gasteiger partial charge in [0.1, 0.15) is 19.3 Å². The van der Waals surface area contributed by atoms with Crippen molar-refractivity contribution in [1.29, 1.82) is 0 Å². The van der Waals surface area contributed by atoms with Crippen LogP contribution in [0.2, 0.25) is 0 Å². The van der Waals surface area contributed by atoms with Gasteiger partial charge in [0, 0.05) is 25.7 Å². The first-order valence-electron chi connectivity index (χ1n) is 30.1. The maximum atomic E-state index is 12.9. The minimum atomic E-state index is -4.93. The molecule has 0 fully saturated rings. The molecule has 76 heavy (non-hydrogen) atoms. The van der Waals surface area contributed by atoms with Crippen LogP contribution in [0.5, 0.6) is 0 Å². The van der Waals surface area contributed by atoms with Crippen LogP contribution in [0.25, 0.3) is 0 Å². The van der Waals surface area contributed by atoms with Crippen molar-refractivity contribution in [1.82, 2.24) is 0 Å². The molecule has 19 heteroatoms. The van der Waals surface area contributed by atoms with Gasteiger partial charge in [0.15, 0.2) is 12.2 Å². The molecule has 450 valence electrons. The minimum Gasteiger partial charge on any atom is -0.462 e. The number of carbonyl (C=O) groups is 4. The molecule has 0 bridgehead atoms. The number of hydrogen-bond acceptors (Lipinski definition) is 15. The van der Waals surface area contributed by atoms with E-state index in [1.807, 2.05) is 0 Å². The molecule has 0 rings (SSSR count). The van der Waals surface area contributed by atoms with Gasteiger partial charge in [-0.3, -0.25) is 37.3 Å². The number of hydrogen-bond donors (Lipinski definition) is 3. The van der Waals surface area contributed by atoms with E-state index in [2.05, 4.69) is 34.6 Å². The molecule has 0 spiro atoms. The lowest BCUT2D eigenvalue weighted by Crippen LogP contribution is -2.30. The SMILES string of the molecule is CCCCCCCCCCCCCCCCCC(=O)O[C@H](COC(=O)CCCCCCCCCCC(C)C)COP(=O)(O)OC[C@@H](O)COP(=O)(O)OC[C@@H](COC(=O)CCCCCCC)OC(=O)CCCCCCC. The van der Waals surface area contributed by atoms with Gasteiger partial charge in [-0.1, -0.05) is 227 Å². The van der Waals surface area contributed by atoms with Crippen LogP contribution >= 0.6 is 15.6 Å². The first-order chi connectivity index (χ1) is 36.5. The lowest BCUT2D eigenvalue weighted by Gasteiger charge is -2.21. The Kier molecular flexibility index (Phi) is 49.9. The molecule has 0 aromatic rings. The van der Waals surface area contributed by atoms with Gasteiger partial charge in [-0.15, -0.1) is 0 Å². The van der Waals surface area contributed by atoms with Crippen molar-refractivity contribution in [3.8, 4) is 0 Å². The average Bonchev–Trinajstić information content (AvgIpc) is 3.38. The van der Waals surface area contributed by atoms with E-state index in [1.54, 1.807) is 0 Å². The van der Waals surface area contributed by atoms with Crippen molar-refractivity contribution >= 4 is 39.5 Å². The van der Waals surface area contributed by atoms with Gasteiger partial charge in [0.2, 0.25) is 0 Å². The van der Waals surface area contributed by atoms with Crippen LogP contribution < -0.4 is 0 Å². The van der Waals surface area contributed by atoms with Crippen molar-refractivity contribution in [2.75, 3.05) is 39.6 Å². The average molecular weight is 1130 g/mol. The molecule has 0 aromatic carbocycles. The first-order valence-corrected chi connectivity index (χ1v) is 33.1. The minimum absolute atomic E-state index is 0.0987. The van der Waals surface area contributed by atoms with Gasteiger partial charge in [0.25, 0.3) is 0 Å². The number of phosphoric acid groups is 2. The second kappa shape index (κ2) is 51.2. The molecule has 5 atom stereocenters. The molecule has 0 radical (unpaired) electrons. The Labute approximate surface area is 460 Å². The monoisotopic (exact) mass is 1130 g/mol. The number of rotatable bonds is 57. The summed E-state index contributed by atoms with van der Waals surface area (Å²) in [4.78, 5) is 71.4. The van der Waals surface area contributed by atoms with Crippen LogP contribution in [0.3, 0.4) is 0 Å². The van der Waals surface area contributed by atoms with Crippen LogP contribution in [-0.4, -0.2) is 96.7 Å². The third kappa shape index (κ3) is 51.5. The highest BCUT2D eigenvalue weighted by Crippen LogP contribution is 2.45. The summed E-state index contributed by atoms with van der Waals surface area (Å²) >= 11 is 0. The zero-order chi connectivity index (χ0) is 56.4. The Balaban J connectivity index is 5.12. The summed E-state index contributed by atoms with van der Waals surface area (Å²) in [7, 11) is -9.85. The fraction of sp³-hybridized carbons (Fsp3) is 0.930. The van der Waals surface area contributed by atoms with Gasteiger partial charge in [-0.05, 0) is 31.6 Å². The van der Waals surface area contributed by atoms with Gasteiger partial charge < -0.3 is 33.8 Å². The first kappa shape index (κ1) is 74.1. The highest BCUT2D eigenvalue weighted by atomic mass is 31.2. The quantitative estimate of drug-likeness (QED) is 0.0222. The summed E-state index contributed by atoms with van der Waals surface area (Å²) < 4.78 is 67.3. The maximum absolute atomic E-state index is 12.9. The molecule has 0 aliphatic carbocycles. The topological polar surface area (TPSA) is 237 Å². The second-order valence-electron chi connectivity index (χ2n) is 21.2. The summed E-state index contributed by atoms with van der Waals surface area (Å²) in [6, 6.07) is 0. The van der Waals surface area contributed by atoms with Crippen molar-refractivity contribution in [2.45, 2.75) is 297 Å². The number of esters is 4. The molecule has 0 saturated carbocycles. The van der Waals surface area contributed by atoms with Gasteiger partial charge >= 0.3 is 39.5 Å². The molecule has 0 aliphatic rings. The Morgan fingerprint density at radius 3 is 0.895 bits per heavy atom. The Morgan fingerprint density at radius 2 is 0.605 bits per heavy atom. The van der Waals surface area contributed by atoms with E-state index in [1.165, 1.54) is 96.3 Å². The number of phosphoric ester groups is 2. The molecule has 0 saturated heterocycles. The summed E-state index contributed by atoms with van der Waals surface area (Å²) in [5.41, 5.74) is 0. The molecular weight excluding hydrogens is 1020 g/mol. The maximum Gasteiger partial charge on any atom is 0.472 e. The zero-order valence-corrected chi connectivity index (χ0v) is 50.2. The van der Waals surface area contributed by atoms with E-state index in [-0.39, 0.29) is 25.7 Å². The van der Waals surface area contributed by atoms with E-state index >= 15 is 0 Å². The number of aliphatic hydroxyl groups excluding tert-OH is 1. The Morgan fingerprint density at radius 1 is 0.355 bits per heavy atom. The van der Waals surface area contributed by atoms with Crippen molar-refractivity contribution in [3.05, 3.63) is 0 Å². The van der Waals surface area contributed by atoms with Crippen molar-refractivity contribution in [2.24, 2.45) is 5.92 Å². The molecule has 0 heterocycles. The molecule has 0 aromatic heterocycles. The smallest absolute Gasteiger partial charge is 0.462 e. The van der Waals surface area contributed by atoms with E-state index in [0.29, 0.717) is 25.7 Å². The summed E-state index contributed by atoms with van der Waals surface area (Å²) in [6.07, 6.45) is 32.9. The van der Waals surface area contributed by atoms with E-state index in [0.717, 1.165) is 102 Å². The van der Waals surface area contributed by atoms with Crippen LogP contribution in [-0.2, 0) is 65.4 Å². The molecule has 2 unspecified atom stereocenters. The highest BCUT2D eigenvalue weighted by molar-refractivity contribution is 7.47. The van der Waals surface area contributed by atoms with Crippen LogP contribution in [0, 0.1) is 5.92 Å². The molecular formula is C57H110O17P2. The predicted octanol–water partition coefficient (Wildman–Crippen LogP) is 15.1. The van der Waals surface area contributed by atoms with E-state index in [4.69, 9.17) is 37.0 Å². The molecule has 3 N–H and O–H groups in total. The number of ether oxygens (including phenoxy) is 4. The Bertz CT molecular complexity index is 1500. The lowest BCUT2D eigenvalue weighted by molar-refractivity contribution is -0.161. The number of carbonyl (C=O) groups excluding carboxylic acids is 4. The molecule has 0 amide bonds. The third-order valence-electron chi connectivity index (χ3n) is 13.0. The second-order valence-corrected chi connectivity index (χ2v) is 24.1. The number of unbranched alkanes of at least 4 members (excludes halogenated alkanes) is 29. The lowest BCUT2D eigenvalue weighted by atomic mass is 10.0. The van der Waals surface area contributed by atoms with Crippen LogP contribution in [0.1, 0.15) is 279 Å². The Hall–Kier alpha value is -1.94. The van der Waals surface area contributed by atoms with Crippen LogP contribution in [0.15, 0.2) is 0 Å². The molecule has 17 nitrogen and oxygen atoms in total. The fourth-order valence-electron chi connectivity index (χ4n) is 8.34. The predicted molar refractivity (Wildman–Crippen MR) is 298 cm³/mol. The molecule has 0 aliphatic heterocycles. The summed E-state index contributed by atoms with van der Waals surface area (Å²) in [5.74, 6) is -1.44. The zero-order valence-electron chi connectivity index (χ0n) is 48.4. The van der Waals surface area contributed by atoms with Crippen LogP contribution in [0.4, 0.5) is 0 Å². The van der Waals surface area contributed by atoms with Gasteiger partial charge in [0.05, 0.1) is 26.4 Å². The van der Waals surface area contributed by atoms with Crippen molar-refractivity contribution < 1.29 is 80.2 Å². The third-order valence-corrected chi connectivity index (χ3v) is 14.9. The van der Waals surface area contributed by atoms with Crippen molar-refractivity contribution in [3.63, 3.8) is 0 Å². The standard InChI is InChI=1S/C57H110O17P2/c1-6-9-12-15-16-17-18-19-20-21-22-23-28-33-38-43-57(62)74-53(47-68-55(60)41-36-32-27-25-24-26-31-34-39-50(4)5)49-72-76(65,66)70-45-51(58)44-69-75(63,64)71-48-52(73-56(61)42-37-30-14-11-8-3)46-67-54(59)40-35-29-13-10-7-2/h50-53,58H,6-49H2,1-5H3,(H,63,64)(H,65,66)/t51-,52+,53+/m0/s1. The summed E-state index contributed by atoms with van der Waals surface area (Å²) in [5, 5.41) is 10.4. The van der Waals surface area contributed by atoms with E-state index < -0.39 is 97.5 Å². The van der Waals surface area contributed by atoms with Gasteiger partial charge in [-0.2, -0.15) is 0 Å². The largest absolute Gasteiger partial charge is 0.472 e. The van der Waals surface area contributed by atoms with E-state index in [9.17, 15) is 43.2 Å². The summed E-state index contributed by atoms with van der Waals surface area (Å²) in [6.45, 7) is 6.92. The normalized spacial score (nSPS) is 14.4. The number of aliphatic hydroxyl groups is 1. The van der Waals surface area contributed by atoms with Gasteiger partial charge in [-0.25, -0.2) is 9.13 Å².